The summed E-state index contributed by atoms with van der Waals surface area (Å²) in [6, 6.07) is 32.9. The topological polar surface area (TPSA) is 329 Å². The summed E-state index contributed by atoms with van der Waals surface area (Å²) in [7, 11) is 0. The number of H-pyrrole nitrogens is 1. The summed E-state index contributed by atoms with van der Waals surface area (Å²) in [5.41, 5.74) is 10.5. The lowest BCUT2D eigenvalue weighted by Gasteiger charge is -2.39. The number of nitrogens with zero attached hydrogens (tertiary/aromatic N) is 11. The van der Waals surface area contributed by atoms with Crippen molar-refractivity contribution in [2.24, 2.45) is 5.73 Å². The Hall–Kier alpha value is -10.1. The number of carbonyl (C=O) groups excluding carboxylic acids is 3. The highest BCUT2D eigenvalue weighted by molar-refractivity contribution is 9.08. The van der Waals surface area contributed by atoms with Gasteiger partial charge in [0.15, 0.2) is 0 Å². The number of benzene rings is 3. The van der Waals surface area contributed by atoms with Gasteiger partial charge in [-0.2, -0.15) is 50.0 Å². The number of ether oxygens (including phenoxy) is 3. The van der Waals surface area contributed by atoms with Crippen LogP contribution in [0.15, 0.2) is 116 Å². The van der Waals surface area contributed by atoms with Crippen molar-refractivity contribution in [3.63, 3.8) is 0 Å². The summed E-state index contributed by atoms with van der Waals surface area (Å²) < 4.78 is 133. The number of hydrogen-bond acceptors (Lipinski definition) is 24. The van der Waals surface area contributed by atoms with Crippen molar-refractivity contribution in [2.45, 2.75) is 191 Å². The minimum atomic E-state index is -4.30. The Morgan fingerprint density at radius 3 is 1.50 bits per heavy atom. The number of nitrogens with two attached hydrogens (primary N) is 1. The molecule has 3 saturated heterocycles. The Balaban J connectivity index is 0.000000158. The van der Waals surface area contributed by atoms with E-state index in [-0.39, 0.29) is 56.6 Å². The summed E-state index contributed by atoms with van der Waals surface area (Å²) in [4.78, 5) is 71.9. The van der Waals surface area contributed by atoms with Gasteiger partial charge >= 0.3 is 36.8 Å². The van der Waals surface area contributed by atoms with E-state index in [2.05, 4.69) is 117 Å². The zero-order chi connectivity index (χ0) is 85.9. The van der Waals surface area contributed by atoms with E-state index in [9.17, 15) is 59.2 Å². The van der Waals surface area contributed by atoms with Crippen molar-refractivity contribution < 1.29 is 68.1 Å². The summed E-state index contributed by atoms with van der Waals surface area (Å²) in [5, 5.41) is 41.6. The van der Waals surface area contributed by atoms with Crippen LogP contribution in [-0.4, -0.2) is 178 Å². The van der Waals surface area contributed by atoms with Gasteiger partial charge in [-0.05, 0) is 159 Å². The van der Waals surface area contributed by atoms with Gasteiger partial charge in [0.1, 0.15) is 91.3 Å². The average Bonchev–Trinajstić information content (AvgIpc) is 1.65. The molecule has 0 aliphatic carbocycles. The van der Waals surface area contributed by atoms with Crippen molar-refractivity contribution in [1.29, 1.82) is 10.5 Å². The number of nitriles is 2. The first-order valence-corrected chi connectivity index (χ1v) is 41.6. The van der Waals surface area contributed by atoms with Crippen LogP contribution in [0.3, 0.4) is 0 Å². The molecule has 3 fully saturated rings. The van der Waals surface area contributed by atoms with Gasteiger partial charge in [0, 0.05) is 94.1 Å². The lowest BCUT2D eigenvalue weighted by atomic mass is 9.98. The molecule has 0 spiro atoms. The second-order valence-corrected chi connectivity index (χ2v) is 35.9. The number of anilines is 3. The first kappa shape index (κ1) is 89.7. The fourth-order valence-corrected chi connectivity index (χ4v) is 17.2. The number of rotatable bonds is 16. The number of alkyl carbamates (subject to hydrolysis) is 2. The lowest BCUT2D eigenvalue weighted by Crippen LogP contribution is -2.57. The van der Waals surface area contributed by atoms with Gasteiger partial charge < -0.3 is 56.8 Å². The van der Waals surface area contributed by atoms with Gasteiger partial charge in [-0.3, -0.25) is 9.80 Å². The average molecular weight is 1770 g/mol. The highest BCUT2D eigenvalue weighted by Crippen LogP contribution is 2.38. The van der Waals surface area contributed by atoms with Gasteiger partial charge in [0.25, 0.3) is 0 Å². The predicted molar refractivity (Wildman–Crippen MR) is 446 cm³/mol. The number of aromatic amines is 1. The van der Waals surface area contributed by atoms with Gasteiger partial charge in [-0.25, -0.2) is 48.9 Å². The molecule has 9 N–H and O–H groups in total. The monoisotopic (exact) mass is 1770 g/mol. The Labute approximate surface area is 700 Å². The van der Waals surface area contributed by atoms with E-state index in [0.717, 1.165) is 106 Å². The van der Waals surface area contributed by atoms with Crippen LogP contribution in [0.4, 0.5) is 71.4 Å². The normalized spacial score (nSPS) is 18.3. The molecule has 11 heterocycles. The first-order valence-electron chi connectivity index (χ1n) is 38.1. The van der Waals surface area contributed by atoms with Crippen LogP contribution in [0.1, 0.15) is 124 Å². The SMILES string of the molecule is CC(C)(C)OC(=O)N[C@H]1CN(Cc2ccccc2)CC[C@@H]1Nc1ncnc2sc(CC(F)(F)F)cc12.CC(C)(C)OC(=O)N[C@H]1CNCC[C@@H]1Nc1ncnc2sc(CC(F)(F)F)cc12.CC(C)(C)OC(=O)n1c(C#N)cc2cc(CBr)ccc21.N#Cc1cc2cc(CN3CC[C@H](Nc4ncnc5sc(CC(F)(F)F)cc45)[C@@H](N)C3)ccc2[nH]1. The fourth-order valence-electron chi connectivity index (χ4n) is 13.8. The number of fused-ring (bicyclic) bond motifs is 5. The van der Waals surface area contributed by atoms with Crippen LogP contribution in [0, 0.1) is 22.7 Å². The standard InChI is InChI=1S/C25H30F3N5O2S.C23H22F3N7S.C18H24F3N5O2S.C15H15BrN2O2/c1-24(2,3)35-23(34)32-20-14-33(13-16-7-5-4-6-8-16)10-9-19(20)31-21-18-11-17(12-25(26,27)28)36-22(18)30-15-29-21;24-23(25,26)8-16-7-17-21(29-12-30-22(17)34-16)32-20-3-4-33(11-18(20)28)10-13-1-2-19-14(5-13)6-15(9-27)31-19;1-17(2,3)28-16(27)26-13-8-22-5-4-12(13)25-14-11-6-10(7-18(19,20)21)29-15(11)24-9-23-14;1-15(2,3)20-14(19)18-12(9-17)7-11-6-10(8-16)4-5-13(11)18/h4-8,11,15,19-20H,9-10,12-14H2,1-3H3,(H,32,34)(H,29,30,31);1-2,5-7,12,18,20,31H,3-4,8,10-11,28H2,(H,29,30,32);6,9,12-13,22H,4-5,7-8H2,1-3H3,(H,26,27)(H,23,24,25);4-7H,8H2,1-3H3/t19-,20-;18-,20-;12-,13-;/m000./s1. The van der Waals surface area contributed by atoms with Crippen molar-refractivity contribution in [1.82, 2.24) is 65.2 Å². The molecule has 0 saturated carbocycles. The number of carbonyl (C=O) groups is 3. The minimum Gasteiger partial charge on any atom is -0.444 e. The maximum Gasteiger partial charge on any atom is 0.420 e. The number of thiophene rings is 3. The van der Waals surface area contributed by atoms with E-state index in [1.807, 2.05) is 60.7 Å². The van der Waals surface area contributed by atoms with Crippen molar-refractivity contribution >= 4 is 138 Å². The molecular formula is C81H91BrF9N19O6S3. The fraction of sp³-hybridized carbons (Fsp3) is 0.444. The highest BCUT2D eigenvalue weighted by atomic mass is 79.9. The maximum absolute atomic E-state index is 12.9. The molecule has 14 rings (SSSR count). The van der Waals surface area contributed by atoms with Crippen LogP contribution >= 0.6 is 49.9 Å². The molecule has 25 nitrogen and oxygen atoms in total. The van der Waals surface area contributed by atoms with Crippen LogP contribution in [0.2, 0.25) is 0 Å². The Bertz CT molecular complexity index is 5430. The molecule has 8 aromatic heterocycles. The van der Waals surface area contributed by atoms with E-state index < -0.39 is 72.9 Å². The molecule has 634 valence electrons. The highest BCUT2D eigenvalue weighted by Gasteiger charge is 2.37. The molecule has 11 aromatic rings. The van der Waals surface area contributed by atoms with Crippen molar-refractivity contribution in [2.75, 3.05) is 55.2 Å². The zero-order valence-electron chi connectivity index (χ0n) is 66.5. The summed E-state index contributed by atoms with van der Waals surface area (Å²) >= 11 is 6.44. The third kappa shape index (κ3) is 26.2. The summed E-state index contributed by atoms with van der Waals surface area (Å²) in [6.07, 6.45) is -11.2. The first-order chi connectivity index (χ1) is 56.1. The summed E-state index contributed by atoms with van der Waals surface area (Å²) in [6.45, 7) is 21.7. The van der Waals surface area contributed by atoms with Crippen LogP contribution in [0.5, 0.6) is 0 Å². The molecule has 119 heavy (non-hydrogen) atoms. The Kier molecular flexibility index (Phi) is 28.7. The third-order valence-corrected chi connectivity index (χ3v) is 22.5. The smallest absolute Gasteiger partial charge is 0.420 e. The van der Waals surface area contributed by atoms with Gasteiger partial charge in [-0.15, -0.1) is 34.0 Å². The number of likely N-dealkylation sites (tertiary alicyclic amines) is 2. The number of hydrogen-bond donors (Lipinski definition) is 8. The van der Waals surface area contributed by atoms with E-state index in [1.54, 1.807) is 68.4 Å². The second-order valence-electron chi connectivity index (χ2n) is 32.0. The largest absolute Gasteiger partial charge is 0.444 e. The van der Waals surface area contributed by atoms with E-state index in [4.69, 9.17) is 25.2 Å². The van der Waals surface area contributed by atoms with Crippen molar-refractivity contribution in [3.8, 4) is 12.1 Å². The molecule has 2 amide bonds. The summed E-state index contributed by atoms with van der Waals surface area (Å²) in [5.74, 6) is 1.44. The van der Waals surface area contributed by atoms with Crippen LogP contribution in [0.25, 0.3) is 52.5 Å². The Morgan fingerprint density at radius 2 is 1.01 bits per heavy atom. The van der Waals surface area contributed by atoms with Gasteiger partial charge in [0.05, 0.1) is 65.1 Å². The predicted octanol–water partition coefficient (Wildman–Crippen LogP) is 17.2. The van der Waals surface area contributed by atoms with Gasteiger partial charge in [0.2, 0.25) is 0 Å². The molecule has 6 atom stereocenters. The quantitative estimate of drug-likeness (QED) is 0.0253. The molecule has 0 bridgehead atoms. The minimum absolute atomic E-state index is 0.0503. The molecule has 38 heteroatoms. The number of halogens is 10. The molecule has 3 aliphatic heterocycles. The van der Waals surface area contributed by atoms with Crippen LogP contribution < -0.4 is 37.6 Å². The van der Waals surface area contributed by atoms with Crippen molar-refractivity contribution in [3.05, 3.63) is 159 Å². The lowest BCUT2D eigenvalue weighted by molar-refractivity contribution is -0.127. The number of aromatic nitrogens is 8. The van der Waals surface area contributed by atoms with E-state index in [1.165, 1.54) is 47.3 Å². The zero-order valence-corrected chi connectivity index (χ0v) is 70.5. The molecule has 0 unspecified atom stereocenters. The second kappa shape index (κ2) is 38.1. The van der Waals surface area contributed by atoms with Crippen LogP contribution in [-0.2, 0) is 51.9 Å². The molecular weight excluding hydrogens is 1680 g/mol. The van der Waals surface area contributed by atoms with E-state index >= 15 is 0 Å². The number of amides is 2. The number of piperidine rings is 3. The number of nitrogens with one attached hydrogen (secondary N) is 7. The Morgan fingerprint density at radius 1 is 0.538 bits per heavy atom. The molecule has 0 radical (unpaired) electrons. The third-order valence-electron chi connectivity index (χ3n) is 18.7. The van der Waals surface area contributed by atoms with Gasteiger partial charge in [-0.1, -0.05) is 58.4 Å². The van der Waals surface area contributed by atoms with E-state index in [0.29, 0.717) is 91.8 Å². The number of alkyl halides is 10. The molecule has 3 aliphatic rings. The molecule has 3 aromatic carbocycles. The maximum atomic E-state index is 12.9.